The molecule has 26 heavy (non-hydrogen) atoms. The lowest BCUT2D eigenvalue weighted by molar-refractivity contribution is 0.574. The first-order valence-corrected chi connectivity index (χ1v) is 11.7. The second kappa shape index (κ2) is 7.28. The summed E-state index contributed by atoms with van der Waals surface area (Å²) >= 11 is 0. The molecule has 1 fully saturated rings. The predicted octanol–water partition coefficient (Wildman–Crippen LogP) is 2.87. The molecule has 1 heterocycles. The SMILES string of the molecule is Cc1ccc(NS(=O)(=O)Cc2ccccc2)cc1N1CCCCS1(=O)=O. The molecule has 1 aliphatic rings. The average molecular weight is 395 g/mol. The quantitative estimate of drug-likeness (QED) is 0.845. The van der Waals surface area contributed by atoms with Crippen LogP contribution in [0.4, 0.5) is 11.4 Å². The van der Waals surface area contributed by atoms with Gasteiger partial charge in [-0.05, 0) is 43.0 Å². The van der Waals surface area contributed by atoms with Crippen molar-refractivity contribution in [1.82, 2.24) is 0 Å². The van der Waals surface area contributed by atoms with E-state index in [1.165, 1.54) is 4.31 Å². The molecule has 0 aromatic heterocycles. The third-order valence-corrected chi connectivity index (χ3v) is 7.42. The summed E-state index contributed by atoms with van der Waals surface area (Å²) in [4.78, 5) is 0. The van der Waals surface area contributed by atoms with Gasteiger partial charge in [0.25, 0.3) is 0 Å². The Hall–Kier alpha value is -2.06. The highest BCUT2D eigenvalue weighted by Crippen LogP contribution is 2.30. The summed E-state index contributed by atoms with van der Waals surface area (Å²) in [6, 6.07) is 13.9. The number of nitrogens with zero attached hydrogens (tertiary/aromatic N) is 1. The summed E-state index contributed by atoms with van der Waals surface area (Å²) in [5, 5.41) is 0. The van der Waals surface area contributed by atoms with Crippen LogP contribution in [0.2, 0.25) is 0 Å². The maximum absolute atomic E-state index is 12.4. The van der Waals surface area contributed by atoms with Crippen LogP contribution in [0, 0.1) is 6.92 Å². The zero-order chi connectivity index (χ0) is 18.8. The number of hydrogen-bond acceptors (Lipinski definition) is 4. The molecule has 6 nitrogen and oxygen atoms in total. The van der Waals surface area contributed by atoms with Gasteiger partial charge >= 0.3 is 0 Å². The van der Waals surface area contributed by atoms with Crippen LogP contribution in [0.1, 0.15) is 24.0 Å². The van der Waals surface area contributed by atoms with Gasteiger partial charge in [0, 0.05) is 6.54 Å². The van der Waals surface area contributed by atoms with Crippen LogP contribution in [0.25, 0.3) is 0 Å². The van der Waals surface area contributed by atoms with Crippen molar-refractivity contribution in [3.63, 3.8) is 0 Å². The van der Waals surface area contributed by atoms with Gasteiger partial charge in [-0.3, -0.25) is 9.03 Å². The number of hydrogen-bond donors (Lipinski definition) is 1. The van der Waals surface area contributed by atoms with Gasteiger partial charge in [-0.15, -0.1) is 0 Å². The molecule has 0 spiro atoms. The van der Waals surface area contributed by atoms with Crippen LogP contribution in [0.3, 0.4) is 0 Å². The smallest absolute Gasteiger partial charge is 0.236 e. The normalized spacial score (nSPS) is 17.0. The lowest BCUT2D eigenvalue weighted by Crippen LogP contribution is -2.38. The molecule has 2 aromatic rings. The van der Waals surface area contributed by atoms with Crippen LogP contribution in [0.5, 0.6) is 0 Å². The van der Waals surface area contributed by atoms with Crippen LogP contribution in [0.15, 0.2) is 48.5 Å². The third kappa shape index (κ3) is 4.37. The van der Waals surface area contributed by atoms with Crippen LogP contribution in [-0.4, -0.2) is 29.1 Å². The van der Waals surface area contributed by atoms with Crippen molar-refractivity contribution in [3.05, 3.63) is 59.7 Å². The van der Waals surface area contributed by atoms with Gasteiger partial charge in [0.15, 0.2) is 0 Å². The van der Waals surface area contributed by atoms with Gasteiger partial charge in [-0.25, -0.2) is 16.8 Å². The van der Waals surface area contributed by atoms with Gasteiger partial charge < -0.3 is 0 Å². The fourth-order valence-corrected chi connectivity index (χ4v) is 5.89. The number of nitrogens with one attached hydrogen (secondary N) is 1. The largest absolute Gasteiger partial charge is 0.283 e. The van der Waals surface area contributed by atoms with E-state index in [0.717, 1.165) is 12.0 Å². The van der Waals surface area contributed by atoms with Crippen LogP contribution >= 0.6 is 0 Å². The lowest BCUT2D eigenvalue weighted by atomic mass is 10.1. The molecule has 0 bridgehead atoms. The van der Waals surface area contributed by atoms with E-state index in [-0.39, 0.29) is 11.5 Å². The Balaban J connectivity index is 1.85. The minimum Gasteiger partial charge on any atom is -0.283 e. The van der Waals surface area contributed by atoms with E-state index in [1.807, 2.05) is 13.0 Å². The zero-order valence-corrected chi connectivity index (χ0v) is 16.2. The fourth-order valence-electron chi connectivity index (χ4n) is 3.01. The van der Waals surface area contributed by atoms with E-state index >= 15 is 0 Å². The molecule has 140 valence electrons. The maximum atomic E-state index is 12.4. The number of rotatable bonds is 5. The summed E-state index contributed by atoms with van der Waals surface area (Å²) in [5.74, 6) is -0.0184. The van der Waals surface area contributed by atoms with Crippen molar-refractivity contribution in [3.8, 4) is 0 Å². The number of sulfonamides is 2. The Kier molecular flexibility index (Phi) is 5.24. The molecule has 3 rings (SSSR count). The molecule has 0 atom stereocenters. The predicted molar refractivity (Wildman–Crippen MR) is 104 cm³/mol. The first kappa shape index (κ1) is 18.7. The molecule has 1 saturated heterocycles. The summed E-state index contributed by atoms with van der Waals surface area (Å²) in [7, 11) is -6.95. The second-order valence-corrected chi connectivity index (χ2v) is 10.2. The molecular formula is C18H22N2O4S2. The molecule has 1 N–H and O–H groups in total. The van der Waals surface area contributed by atoms with Crippen LogP contribution in [-0.2, 0) is 25.8 Å². The highest BCUT2D eigenvalue weighted by molar-refractivity contribution is 7.92. The average Bonchev–Trinajstić information content (AvgIpc) is 2.57. The lowest BCUT2D eigenvalue weighted by Gasteiger charge is -2.29. The monoisotopic (exact) mass is 394 g/mol. The van der Waals surface area contributed by atoms with Gasteiger partial charge in [0.05, 0.1) is 22.9 Å². The highest BCUT2D eigenvalue weighted by Gasteiger charge is 2.27. The molecule has 0 unspecified atom stereocenters. The van der Waals surface area contributed by atoms with Crippen LogP contribution < -0.4 is 9.03 Å². The standard InChI is InChI=1S/C18H22N2O4S2/c1-15-9-10-17(13-18(15)20-11-5-6-12-26(20,23)24)19-25(21,22)14-16-7-3-2-4-8-16/h2-4,7-10,13,19H,5-6,11-12,14H2,1H3. The topological polar surface area (TPSA) is 83.6 Å². The van der Waals surface area contributed by atoms with Crippen molar-refractivity contribution in [2.24, 2.45) is 0 Å². The Morgan fingerprint density at radius 2 is 1.81 bits per heavy atom. The van der Waals surface area contributed by atoms with E-state index in [0.29, 0.717) is 29.9 Å². The zero-order valence-electron chi connectivity index (χ0n) is 14.6. The van der Waals surface area contributed by atoms with Gasteiger partial charge in [-0.2, -0.15) is 0 Å². The van der Waals surface area contributed by atoms with Gasteiger partial charge in [-0.1, -0.05) is 36.4 Å². The highest BCUT2D eigenvalue weighted by atomic mass is 32.2. The number of aryl methyl sites for hydroxylation is 1. The Bertz CT molecular complexity index is 987. The summed E-state index contributed by atoms with van der Waals surface area (Å²) in [6.45, 7) is 2.24. The second-order valence-electron chi connectivity index (χ2n) is 6.44. The Labute approximate surface area is 155 Å². The van der Waals surface area contributed by atoms with E-state index in [4.69, 9.17) is 0 Å². The minimum atomic E-state index is -3.59. The minimum absolute atomic E-state index is 0.121. The molecule has 0 saturated carbocycles. The van der Waals surface area contributed by atoms with Crippen molar-refractivity contribution in [2.45, 2.75) is 25.5 Å². The molecule has 2 aromatic carbocycles. The van der Waals surface area contributed by atoms with Crippen molar-refractivity contribution < 1.29 is 16.8 Å². The van der Waals surface area contributed by atoms with E-state index in [9.17, 15) is 16.8 Å². The first-order chi connectivity index (χ1) is 12.3. The van der Waals surface area contributed by atoms with Crippen molar-refractivity contribution >= 4 is 31.4 Å². The molecule has 0 radical (unpaired) electrons. The molecule has 0 aliphatic carbocycles. The van der Waals surface area contributed by atoms with E-state index < -0.39 is 20.0 Å². The fraction of sp³-hybridized carbons (Fsp3) is 0.333. The molecule has 0 amide bonds. The van der Waals surface area contributed by atoms with Crippen molar-refractivity contribution in [2.75, 3.05) is 21.3 Å². The Morgan fingerprint density at radius 1 is 1.08 bits per heavy atom. The molecular weight excluding hydrogens is 372 g/mol. The molecule has 1 aliphatic heterocycles. The van der Waals surface area contributed by atoms with E-state index in [2.05, 4.69) is 4.72 Å². The van der Waals surface area contributed by atoms with E-state index in [1.54, 1.807) is 42.5 Å². The number of benzene rings is 2. The van der Waals surface area contributed by atoms with Gasteiger partial charge in [0.1, 0.15) is 0 Å². The van der Waals surface area contributed by atoms with Gasteiger partial charge in [0.2, 0.25) is 20.0 Å². The summed E-state index contributed by atoms with van der Waals surface area (Å²) in [6.07, 6.45) is 1.45. The first-order valence-electron chi connectivity index (χ1n) is 8.42. The Morgan fingerprint density at radius 3 is 2.50 bits per heavy atom. The third-order valence-electron chi connectivity index (χ3n) is 4.30. The van der Waals surface area contributed by atoms with Crippen molar-refractivity contribution in [1.29, 1.82) is 0 Å². The summed E-state index contributed by atoms with van der Waals surface area (Å²) < 4.78 is 53.5. The summed E-state index contributed by atoms with van der Waals surface area (Å²) in [5.41, 5.74) is 2.37. The number of anilines is 2. The molecule has 8 heteroatoms. The maximum Gasteiger partial charge on any atom is 0.236 e.